The second kappa shape index (κ2) is 5.87. The number of nitrogens with zero attached hydrogens (tertiary/aromatic N) is 3. The van der Waals surface area contributed by atoms with Gasteiger partial charge < -0.3 is 15.9 Å². The van der Waals surface area contributed by atoms with Crippen LogP contribution in [0.5, 0.6) is 0 Å². The van der Waals surface area contributed by atoms with Crippen LogP contribution in [-0.2, 0) is 4.79 Å². The van der Waals surface area contributed by atoms with Crippen molar-refractivity contribution in [2.75, 3.05) is 0 Å². The van der Waals surface area contributed by atoms with E-state index in [4.69, 9.17) is 10.5 Å². The molecule has 0 spiro atoms. The summed E-state index contributed by atoms with van der Waals surface area (Å²) in [5.74, 6) is -0.582. The van der Waals surface area contributed by atoms with Crippen LogP contribution in [0.3, 0.4) is 0 Å². The molecule has 1 saturated heterocycles. The molecular formula is C8H9N4NaO. The van der Waals surface area contributed by atoms with Gasteiger partial charge >= 0.3 is 29.6 Å². The maximum atomic E-state index is 11.0. The number of amides is 1. The molecule has 0 radical (unpaired) electrons. The Morgan fingerprint density at radius 1 is 1.57 bits per heavy atom. The van der Waals surface area contributed by atoms with Gasteiger partial charge in [0.1, 0.15) is 0 Å². The third-order valence-corrected chi connectivity index (χ3v) is 2.12. The fourth-order valence-electron chi connectivity index (χ4n) is 1.42. The molecular weight excluding hydrogens is 191 g/mol. The van der Waals surface area contributed by atoms with E-state index in [1.54, 1.807) is 6.19 Å². The van der Waals surface area contributed by atoms with Gasteiger partial charge in [-0.3, -0.25) is 4.79 Å². The zero-order chi connectivity index (χ0) is 9.84. The summed E-state index contributed by atoms with van der Waals surface area (Å²) in [6.07, 6.45) is 1.27. The van der Waals surface area contributed by atoms with E-state index in [0.29, 0.717) is 6.42 Å². The van der Waals surface area contributed by atoms with Crippen molar-refractivity contribution in [3.63, 3.8) is 0 Å². The summed E-state index contributed by atoms with van der Waals surface area (Å²) in [4.78, 5) is 11.0. The van der Waals surface area contributed by atoms with Gasteiger partial charge in [0.05, 0.1) is 18.2 Å². The molecule has 0 aromatic carbocycles. The van der Waals surface area contributed by atoms with E-state index in [-0.39, 0.29) is 41.4 Å². The van der Waals surface area contributed by atoms with Gasteiger partial charge in [-0.15, -0.1) is 0 Å². The smallest absolute Gasteiger partial charge is 0.494 e. The van der Waals surface area contributed by atoms with Gasteiger partial charge in [-0.25, -0.2) is 0 Å². The Bertz CT molecular complexity index is 293. The number of nitrogens with one attached hydrogen (secondary N) is 1. The van der Waals surface area contributed by atoms with Crippen molar-refractivity contribution >= 4 is 5.91 Å². The summed E-state index contributed by atoms with van der Waals surface area (Å²) in [7, 11) is 0. The van der Waals surface area contributed by atoms with Crippen LogP contribution in [0.2, 0.25) is 0 Å². The molecule has 0 aromatic heterocycles. The molecule has 6 heteroatoms. The monoisotopic (exact) mass is 200 g/mol. The minimum atomic E-state index is -0.661. The molecule has 1 aliphatic heterocycles. The second-order valence-corrected chi connectivity index (χ2v) is 3.08. The quantitative estimate of drug-likeness (QED) is 0.373. The first-order valence-electron chi connectivity index (χ1n) is 3.97. The Morgan fingerprint density at radius 2 is 2.21 bits per heavy atom. The topological polar surface area (TPSA) is 90.8 Å². The van der Waals surface area contributed by atoms with Crippen molar-refractivity contribution < 1.29 is 34.4 Å². The Kier molecular flexibility index (Phi) is 5.56. The summed E-state index contributed by atoms with van der Waals surface area (Å²) in [6, 6.07) is 2.05. The fourth-order valence-corrected chi connectivity index (χ4v) is 1.42. The van der Waals surface area contributed by atoms with Crippen LogP contribution < -0.4 is 34.9 Å². The van der Waals surface area contributed by atoms with Gasteiger partial charge in [0.25, 0.3) is 0 Å². The van der Waals surface area contributed by atoms with Crippen LogP contribution in [0, 0.1) is 34.6 Å². The number of hydrogen-bond donors (Lipinski definition) is 1. The van der Waals surface area contributed by atoms with E-state index >= 15 is 0 Å². The normalized spacial score (nSPS) is 30.2. The van der Waals surface area contributed by atoms with E-state index in [9.17, 15) is 4.79 Å². The van der Waals surface area contributed by atoms with Crippen molar-refractivity contribution in [3.8, 4) is 12.3 Å². The van der Waals surface area contributed by atoms with Crippen LogP contribution >= 0.6 is 0 Å². The molecule has 1 N–H and O–H groups in total. The molecule has 3 atom stereocenters. The van der Waals surface area contributed by atoms with Gasteiger partial charge in [0, 0.05) is 6.42 Å². The van der Waals surface area contributed by atoms with E-state index in [2.05, 4.69) is 10.6 Å². The summed E-state index contributed by atoms with van der Waals surface area (Å²) < 4.78 is 0. The van der Waals surface area contributed by atoms with E-state index in [1.165, 1.54) is 0 Å². The van der Waals surface area contributed by atoms with Crippen molar-refractivity contribution in [1.29, 1.82) is 10.5 Å². The molecule has 1 heterocycles. The Hall–Kier alpha value is -0.750. The van der Waals surface area contributed by atoms with Crippen molar-refractivity contribution in [1.82, 2.24) is 5.32 Å². The van der Waals surface area contributed by atoms with Crippen molar-refractivity contribution in [3.05, 3.63) is 5.32 Å². The zero-order valence-electron chi connectivity index (χ0n) is 8.19. The van der Waals surface area contributed by atoms with E-state index in [0.717, 1.165) is 0 Å². The summed E-state index contributed by atoms with van der Waals surface area (Å²) >= 11 is 0. The fraction of sp³-hybridized carbons (Fsp3) is 0.625. The zero-order valence-corrected chi connectivity index (χ0v) is 10.2. The summed E-state index contributed by atoms with van der Waals surface area (Å²) in [6.45, 7) is 1.81. The molecule has 1 rings (SSSR count). The van der Waals surface area contributed by atoms with E-state index in [1.807, 2.05) is 13.0 Å². The first-order chi connectivity index (χ1) is 6.19. The third-order valence-electron chi connectivity index (χ3n) is 2.12. The first kappa shape index (κ1) is 13.2. The number of rotatable bonds is 1. The molecule has 0 bridgehead atoms. The largest absolute Gasteiger partial charge is 1.00 e. The van der Waals surface area contributed by atoms with Gasteiger partial charge in [-0.05, 0) is 5.92 Å². The van der Waals surface area contributed by atoms with Crippen LogP contribution in [-0.4, -0.2) is 12.1 Å². The number of piperidine rings is 1. The first-order valence-corrected chi connectivity index (χ1v) is 3.97. The van der Waals surface area contributed by atoms with Crippen LogP contribution in [0.1, 0.15) is 13.3 Å². The summed E-state index contributed by atoms with van der Waals surface area (Å²) in [5, 5.41) is 23.1. The maximum Gasteiger partial charge on any atom is 1.00 e. The number of carbonyl (C=O) groups is 1. The molecule has 3 unspecified atom stereocenters. The third kappa shape index (κ3) is 2.88. The second-order valence-electron chi connectivity index (χ2n) is 3.08. The molecule has 5 nitrogen and oxygen atoms in total. The molecule has 0 aromatic rings. The minimum absolute atomic E-state index is 0. The molecule has 68 valence electrons. The van der Waals surface area contributed by atoms with Crippen LogP contribution in [0.25, 0.3) is 5.32 Å². The molecule has 1 fully saturated rings. The average Bonchev–Trinajstić information content (AvgIpc) is 2.04. The van der Waals surface area contributed by atoms with Gasteiger partial charge in [0.2, 0.25) is 5.91 Å². The Morgan fingerprint density at radius 3 is 2.71 bits per heavy atom. The van der Waals surface area contributed by atoms with Crippen LogP contribution in [0.4, 0.5) is 0 Å². The molecule has 14 heavy (non-hydrogen) atoms. The average molecular weight is 200 g/mol. The number of hydrogen-bond acceptors (Lipinski definition) is 3. The van der Waals surface area contributed by atoms with Crippen molar-refractivity contribution in [2.24, 2.45) is 11.8 Å². The van der Waals surface area contributed by atoms with Gasteiger partial charge in [-0.2, -0.15) is 5.26 Å². The van der Waals surface area contributed by atoms with Gasteiger partial charge in [-0.1, -0.05) is 13.1 Å². The van der Waals surface area contributed by atoms with Crippen LogP contribution in [0.15, 0.2) is 0 Å². The maximum absolute atomic E-state index is 11.0. The molecule has 1 amide bonds. The molecule has 0 saturated carbocycles. The minimum Gasteiger partial charge on any atom is -0.494 e. The van der Waals surface area contributed by atoms with Gasteiger partial charge in [0.15, 0.2) is 0 Å². The predicted octanol–water partition coefficient (Wildman–Crippen LogP) is -2.53. The Balaban J connectivity index is 0.00000169. The SMILES string of the molecule is CC1CC(=O)NC([N-]C#N)C1C#N.[Na+]. The van der Waals surface area contributed by atoms with E-state index < -0.39 is 12.1 Å². The Labute approximate surface area is 105 Å². The molecule has 0 aliphatic carbocycles. The number of carbonyl (C=O) groups excluding carboxylic acids is 1. The summed E-state index contributed by atoms with van der Waals surface area (Å²) in [5.41, 5.74) is 0. The standard InChI is InChI=1S/C8H10N4O.Na/c1-5-2-7(13)12-8(11-4-10)6(5)3-9;/h5-6,8,10H,2H2,1H3,(H,12,13);/q;+1/p-1. The number of nitriles is 2. The van der Waals surface area contributed by atoms with Crippen molar-refractivity contribution in [2.45, 2.75) is 19.5 Å². The predicted molar refractivity (Wildman–Crippen MR) is 43.8 cm³/mol. The molecule has 1 aliphatic rings.